The first-order valence-electron chi connectivity index (χ1n) is 17.2. The van der Waals surface area contributed by atoms with E-state index in [1.807, 2.05) is 0 Å². The molecule has 0 spiro atoms. The monoisotopic (exact) mass is 779 g/mol. The molecule has 2 atom stereocenters. The Morgan fingerprint density at radius 1 is 0.944 bits per heavy atom. The lowest BCUT2D eigenvalue weighted by Crippen LogP contribution is -2.53. The van der Waals surface area contributed by atoms with Gasteiger partial charge in [-0.05, 0) is 79.4 Å². The van der Waals surface area contributed by atoms with Gasteiger partial charge in [-0.1, -0.05) is 47.5 Å². The highest BCUT2D eigenvalue weighted by molar-refractivity contribution is 6.35. The number of pyridine rings is 1. The Morgan fingerprint density at radius 2 is 1.65 bits per heavy atom. The smallest absolute Gasteiger partial charge is 0.415 e. The number of aromatic nitrogens is 1. The van der Waals surface area contributed by atoms with Gasteiger partial charge in [-0.3, -0.25) is 14.6 Å². The lowest BCUT2D eigenvalue weighted by atomic mass is 9.86. The molecule has 13 nitrogen and oxygen atoms in total. The molecule has 15 heteroatoms. The van der Waals surface area contributed by atoms with Crippen molar-refractivity contribution in [2.75, 3.05) is 45.9 Å². The summed E-state index contributed by atoms with van der Waals surface area (Å²) in [5.74, 6) is 0.838. The minimum atomic E-state index is -0.903. The highest BCUT2D eigenvalue weighted by Crippen LogP contribution is 2.40. The first kappa shape index (κ1) is 38.5. The molecule has 7 rings (SSSR count). The van der Waals surface area contributed by atoms with Crippen LogP contribution in [0.25, 0.3) is 0 Å². The van der Waals surface area contributed by atoms with Gasteiger partial charge in [0.15, 0.2) is 35.4 Å². The van der Waals surface area contributed by atoms with Crippen molar-refractivity contribution >= 4 is 47.4 Å². The van der Waals surface area contributed by atoms with Gasteiger partial charge in [-0.2, -0.15) is 4.73 Å². The van der Waals surface area contributed by atoms with Gasteiger partial charge < -0.3 is 33.6 Å². The first-order chi connectivity index (χ1) is 26.1. The maximum Gasteiger partial charge on any atom is 0.415 e. The van der Waals surface area contributed by atoms with Gasteiger partial charge in [0.1, 0.15) is 22.3 Å². The Labute approximate surface area is 322 Å². The van der Waals surface area contributed by atoms with E-state index in [0.29, 0.717) is 45.2 Å². The van der Waals surface area contributed by atoms with Crippen molar-refractivity contribution < 1.29 is 47.5 Å². The van der Waals surface area contributed by atoms with Crippen molar-refractivity contribution in [1.29, 1.82) is 0 Å². The minimum absolute atomic E-state index is 0.0369. The number of hydrogen-bond acceptors (Lipinski definition) is 11. The molecule has 3 fully saturated rings. The van der Waals surface area contributed by atoms with Crippen molar-refractivity contribution in [3.05, 3.63) is 111 Å². The van der Waals surface area contributed by atoms with E-state index in [1.165, 1.54) is 38.6 Å². The molecular weight excluding hydrogens is 741 g/mol. The number of carbonyl (C=O) groups is 3. The van der Waals surface area contributed by atoms with Gasteiger partial charge in [-0.25, -0.2) is 9.59 Å². The van der Waals surface area contributed by atoms with E-state index in [9.17, 15) is 19.6 Å². The molecule has 1 amide bonds. The number of ether oxygens (including phenoxy) is 6. The Bertz CT molecular complexity index is 1970. The summed E-state index contributed by atoms with van der Waals surface area (Å²) < 4.78 is 34.3. The normalized spacial score (nSPS) is 17.9. The summed E-state index contributed by atoms with van der Waals surface area (Å²) in [5.41, 5.74) is 2.20. The van der Waals surface area contributed by atoms with E-state index in [-0.39, 0.29) is 58.6 Å². The van der Waals surface area contributed by atoms with Crippen LogP contribution in [0.15, 0.2) is 73.1 Å². The number of esters is 1. The number of carbonyl (C=O) groups excluding carboxylic acids is 3. The third-order valence-electron chi connectivity index (χ3n) is 9.70. The molecule has 54 heavy (non-hydrogen) atoms. The third-order valence-corrected chi connectivity index (χ3v) is 10.4. The van der Waals surface area contributed by atoms with E-state index in [1.54, 1.807) is 60.7 Å². The topological polar surface area (TPSA) is 140 Å². The van der Waals surface area contributed by atoms with Gasteiger partial charge in [-0.15, -0.1) is 0 Å². The van der Waals surface area contributed by atoms with Crippen LogP contribution in [-0.4, -0.2) is 70.5 Å². The molecule has 1 aromatic heterocycles. The fourth-order valence-electron chi connectivity index (χ4n) is 6.87. The first-order valence-corrected chi connectivity index (χ1v) is 17.9. The lowest BCUT2D eigenvalue weighted by molar-refractivity contribution is -0.605. The maximum atomic E-state index is 14.0. The summed E-state index contributed by atoms with van der Waals surface area (Å²) in [7, 11) is 4.42. The summed E-state index contributed by atoms with van der Waals surface area (Å²) in [6.07, 6.45) is 2.55. The van der Waals surface area contributed by atoms with Crippen LogP contribution in [0, 0.1) is 11.1 Å². The molecular formula is C39H39Cl2N3O10. The fraction of sp³-hybridized carbons (Fsp3) is 0.333. The van der Waals surface area contributed by atoms with Crippen molar-refractivity contribution in [3.63, 3.8) is 0 Å². The molecule has 0 N–H and O–H groups in total. The van der Waals surface area contributed by atoms with Crippen molar-refractivity contribution in [3.8, 4) is 23.0 Å². The summed E-state index contributed by atoms with van der Waals surface area (Å²) in [4.78, 5) is 42.6. The molecule has 2 bridgehead atoms. The molecule has 3 saturated heterocycles. The van der Waals surface area contributed by atoms with Crippen molar-refractivity contribution in [2.24, 2.45) is 5.92 Å². The minimum Gasteiger partial charge on any atom is -0.619 e. The number of halogens is 2. The third kappa shape index (κ3) is 8.59. The Hall–Kier alpha value is -5.24. The van der Waals surface area contributed by atoms with Crippen molar-refractivity contribution in [2.45, 2.75) is 38.0 Å². The lowest BCUT2D eigenvalue weighted by Gasteiger charge is -2.44. The number of amides is 1. The number of fused-ring (bicyclic) bond motifs is 3. The highest BCUT2D eigenvalue weighted by Gasteiger charge is 2.38. The quantitative estimate of drug-likeness (QED) is 0.0595. The van der Waals surface area contributed by atoms with Gasteiger partial charge in [0.05, 0.1) is 39.1 Å². The summed E-state index contributed by atoms with van der Waals surface area (Å²) in [6, 6.07) is 16.6. The number of anilines is 1. The standard InChI is InChI=1S/C39H39Cl2N3O10/c1-49-32-12-11-27(17-35(32)50-2)34(18-28-29(40)20-43(48)21-30(28)41)53-38(46)26-9-7-24(8-10-26)19-44(31-5-4-6-33(52-23-45)37(31)51-3)39(47)54-36-22-42-15-13-25(36)14-16-42/h4-12,17,20-21,23,25,34,36H,13-16,18-19,22H2,1-3H3/t34-,36-/m0/s1. The Morgan fingerprint density at radius 3 is 2.26 bits per heavy atom. The van der Waals surface area contributed by atoms with Gasteiger partial charge in [0.25, 0.3) is 6.47 Å². The molecule has 0 radical (unpaired) electrons. The second-order valence-corrected chi connectivity index (χ2v) is 13.7. The molecule has 3 aliphatic rings. The SMILES string of the molecule is COc1ccc([C@H](Cc2c(Cl)c[n+]([O-])cc2Cl)OC(=O)c2ccc(CN(C(=O)O[C@H]3CN4CCC3CC4)c3cccc(OC=O)c3OC)cc2)cc1OC. The summed E-state index contributed by atoms with van der Waals surface area (Å²) in [6.45, 7) is 2.96. The van der Waals surface area contributed by atoms with Crippen LogP contribution >= 0.6 is 23.2 Å². The molecule has 3 aromatic carbocycles. The van der Waals surface area contributed by atoms with E-state index in [0.717, 1.165) is 25.9 Å². The molecule has 284 valence electrons. The predicted octanol–water partition coefficient (Wildman–Crippen LogP) is 6.57. The second-order valence-electron chi connectivity index (χ2n) is 12.9. The number of rotatable bonds is 14. The van der Waals surface area contributed by atoms with Gasteiger partial charge in [0, 0.05) is 18.5 Å². The van der Waals surface area contributed by atoms with Crippen LogP contribution in [0.5, 0.6) is 23.0 Å². The maximum absolute atomic E-state index is 14.0. The van der Waals surface area contributed by atoms with E-state index in [4.69, 9.17) is 51.6 Å². The van der Waals surface area contributed by atoms with Crippen LogP contribution in [0.3, 0.4) is 0 Å². The number of methoxy groups -OCH3 is 3. The number of nitrogens with zero attached hydrogens (tertiary/aromatic N) is 3. The van der Waals surface area contributed by atoms with Crippen LogP contribution in [0.1, 0.15) is 46.0 Å². The summed E-state index contributed by atoms with van der Waals surface area (Å²) in [5, 5.41) is 12.1. The number of hydrogen-bond donors (Lipinski definition) is 0. The highest BCUT2D eigenvalue weighted by atomic mass is 35.5. The molecule has 0 saturated carbocycles. The average Bonchev–Trinajstić information content (AvgIpc) is 3.18. The molecule has 4 aromatic rings. The van der Waals surface area contributed by atoms with E-state index in [2.05, 4.69) is 4.90 Å². The zero-order chi connectivity index (χ0) is 38.4. The van der Waals surface area contributed by atoms with Crippen LogP contribution in [-0.2, 0) is 27.2 Å². The largest absolute Gasteiger partial charge is 0.619 e. The molecule has 0 aliphatic carbocycles. The van der Waals surface area contributed by atoms with Crippen LogP contribution in [0.2, 0.25) is 10.0 Å². The predicted molar refractivity (Wildman–Crippen MR) is 199 cm³/mol. The van der Waals surface area contributed by atoms with Crippen LogP contribution in [0.4, 0.5) is 10.5 Å². The average molecular weight is 781 g/mol. The summed E-state index contributed by atoms with van der Waals surface area (Å²) >= 11 is 12.8. The fourth-order valence-corrected chi connectivity index (χ4v) is 7.47. The van der Waals surface area contributed by atoms with E-state index >= 15 is 0 Å². The van der Waals surface area contributed by atoms with Gasteiger partial charge >= 0.3 is 12.1 Å². The van der Waals surface area contributed by atoms with Crippen molar-refractivity contribution in [1.82, 2.24) is 4.90 Å². The molecule has 4 heterocycles. The zero-order valence-corrected chi connectivity index (χ0v) is 31.4. The van der Waals surface area contributed by atoms with E-state index < -0.39 is 18.2 Å². The zero-order valence-electron chi connectivity index (χ0n) is 29.9. The number of piperidine rings is 3. The Kier molecular flexibility index (Phi) is 12.3. The second kappa shape index (κ2) is 17.3. The van der Waals surface area contributed by atoms with Gasteiger partial charge in [0.2, 0.25) is 0 Å². The number of para-hydroxylation sites is 1. The molecule has 0 unspecified atom stereocenters. The van der Waals surface area contributed by atoms with Crippen LogP contribution < -0.4 is 28.6 Å². The Balaban J connectivity index is 1.26. The molecule has 3 aliphatic heterocycles. The number of benzene rings is 3.